The molecule has 1 saturated carbocycles. The quantitative estimate of drug-likeness (QED) is 0.337. The van der Waals surface area contributed by atoms with Gasteiger partial charge in [0.1, 0.15) is 11.6 Å². The molecule has 5 N–H and O–H groups in total. The lowest BCUT2D eigenvalue weighted by Crippen LogP contribution is -2.54. The minimum absolute atomic E-state index is 0.00955. The molecule has 2 aromatic rings. The van der Waals surface area contributed by atoms with Gasteiger partial charge in [0, 0.05) is 38.2 Å². The van der Waals surface area contributed by atoms with E-state index in [4.69, 9.17) is 5.11 Å². The molecule has 6 nitrogen and oxygen atoms in total. The number of carbonyl (C=O) groups excluding carboxylic acids is 1. The van der Waals surface area contributed by atoms with Gasteiger partial charge in [-0.1, -0.05) is 45.0 Å². The molecule has 1 fully saturated rings. The monoisotopic (exact) mass is 533 g/mol. The maximum Gasteiger partial charge on any atom is 0.217 e. The van der Waals surface area contributed by atoms with Crippen LogP contribution in [-0.2, 0) is 22.2 Å². The Hall–Kier alpha value is -2.39. The number of carbonyl (C=O) groups is 1. The Kier molecular flexibility index (Phi) is 11.8. The van der Waals surface area contributed by atoms with E-state index in [2.05, 4.69) is 61.0 Å². The first-order valence-electron chi connectivity index (χ1n) is 13.3. The van der Waals surface area contributed by atoms with Gasteiger partial charge in [-0.15, -0.1) is 0 Å². The Balaban J connectivity index is 0.00000247. The molecular weight excluding hydrogens is 488 g/mol. The fraction of sp³-hybridized carbons (Fsp3) is 0.567. The number of hydrogen-bond acceptors (Lipinski definition) is 5. The second-order valence-electron chi connectivity index (χ2n) is 11.2. The number of halogens is 2. The highest BCUT2D eigenvalue weighted by Gasteiger charge is 2.37. The van der Waals surface area contributed by atoms with E-state index in [1.54, 1.807) is 0 Å². The summed E-state index contributed by atoms with van der Waals surface area (Å²) in [4.78, 5) is 11.9. The maximum absolute atomic E-state index is 13.7. The summed E-state index contributed by atoms with van der Waals surface area (Å²) in [5.41, 5.74) is 2.52. The number of amides is 1. The molecule has 0 spiro atoms. The Morgan fingerprint density at radius 3 is 2.21 bits per heavy atom. The van der Waals surface area contributed by atoms with Crippen LogP contribution in [0.15, 0.2) is 42.5 Å². The third-order valence-electron chi connectivity index (χ3n) is 7.41. The first-order chi connectivity index (χ1) is 17.9. The summed E-state index contributed by atoms with van der Waals surface area (Å²) in [5.74, 6) is -1.67. The van der Waals surface area contributed by atoms with Crippen molar-refractivity contribution in [2.24, 2.45) is 0 Å². The van der Waals surface area contributed by atoms with E-state index in [1.807, 2.05) is 7.05 Å². The predicted octanol–water partition coefficient (Wildman–Crippen LogP) is 3.93. The largest absolute Gasteiger partial charge is 0.400 e. The number of benzene rings is 2. The third-order valence-corrected chi connectivity index (χ3v) is 7.41. The van der Waals surface area contributed by atoms with Crippen LogP contribution in [0, 0.1) is 11.6 Å². The summed E-state index contributed by atoms with van der Waals surface area (Å²) in [5, 5.41) is 28.0. The van der Waals surface area contributed by atoms with Gasteiger partial charge in [0.25, 0.3) is 0 Å². The van der Waals surface area contributed by atoms with Crippen LogP contribution in [0.1, 0.15) is 70.1 Å². The molecule has 1 aliphatic rings. The van der Waals surface area contributed by atoms with Crippen molar-refractivity contribution in [2.75, 3.05) is 20.7 Å². The van der Waals surface area contributed by atoms with E-state index in [-0.39, 0.29) is 29.8 Å². The molecule has 1 amide bonds. The number of nitrogens with one attached hydrogen (secondary N) is 3. The lowest BCUT2D eigenvalue weighted by Gasteiger charge is -2.43. The molecule has 0 saturated heterocycles. The van der Waals surface area contributed by atoms with Gasteiger partial charge in [-0.25, -0.2) is 8.78 Å². The van der Waals surface area contributed by atoms with Crippen LogP contribution in [0.3, 0.4) is 0 Å². The van der Waals surface area contributed by atoms with Crippen LogP contribution in [-0.4, -0.2) is 55.0 Å². The summed E-state index contributed by atoms with van der Waals surface area (Å²) in [6.45, 7) is 8.19. The first kappa shape index (κ1) is 31.8. The van der Waals surface area contributed by atoms with E-state index in [1.165, 1.54) is 30.2 Å². The van der Waals surface area contributed by atoms with Crippen molar-refractivity contribution in [1.82, 2.24) is 16.0 Å². The normalized spacial score (nSPS) is 21.2. The van der Waals surface area contributed by atoms with Gasteiger partial charge >= 0.3 is 0 Å². The van der Waals surface area contributed by atoms with Crippen LogP contribution in [0.2, 0.25) is 0 Å². The fourth-order valence-electron chi connectivity index (χ4n) is 5.22. The third kappa shape index (κ3) is 8.83. The van der Waals surface area contributed by atoms with E-state index < -0.39 is 23.8 Å². The van der Waals surface area contributed by atoms with Gasteiger partial charge < -0.3 is 26.2 Å². The Labute approximate surface area is 226 Å². The van der Waals surface area contributed by atoms with Crippen molar-refractivity contribution >= 4 is 5.91 Å². The summed E-state index contributed by atoms with van der Waals surface area (Å²) in [7, 11) is 2.99. The van der Waals surface area contributed by atoms with Crippen LogP contribution in [0.5, 0.6) is 0 Å². The first-order valence-corrected chi connectivity index (χ1v) is 13.3. The highest BCUT2D eigenvalue weighted by molar-refractivity contribution is 5.73. The number of hydrogen-bond donors (Lipinski definition) is 5. The smallest absolute Gasteiger partial charge is 0.217 e. The lowest BCUT2D eigenvalue weighted by atomic mass is 9.73. The standard InChI is InChI=1S/C29H41F2N3O2.CH4O/c1-19(35)34-26(15-20-13-23(30)17-24(31)14-20)27(36)18-33-29(11-9-25(32-5)10-12-29)22-8-6-7-21(16-22)28(2,3)4;1-2/h6-8,13-14,16-17,25-27,32-33,36H,9-12,15,18H2,1-5H3,(H,34,35);2H,1H3. The maximum atomic E-state index is 13.7. The molecule has 0 bridgehead atoms. The molecule has 0 aliphatic heterocycles. The SMILES string of the molecule is CNC1CCC(NCC(O)C(Cc2cc(F)cc(F)c2)NC(C)=O)(c2cccc(C(C)(C)C)c2)CC1.CO. The van der Waals surface area contributed by atoms with E-state index in [0.717, 1.165) is 38.9 Å². The van der Waals surface area contributed by atoms with Crippen molar-refractivity contribution in [1.29, 1.82) is 0 Å². The fourth-order valence-corrected chi connectivity index (χ4v) is 5.22. The minimum Gasteiger partial charge on any atom is -0.400 e. The molecular formula is C30H45F2N3O3. The second kappa shape index (κ2) is 14.1. The summed E-state index contributed by atoms with van der Waals surface area (Å²) in [6, 6.07) is 11.7. The zero-order chi connectivity index (χ0) is 28.5. The van der Waals surface area contributed by atoms with Gasteiger partial charge in [-0.05, 0) is 73.4 Å². The number of rotatable bonds is 9. The highest BCUT2D eigenvalue weighted by Crippen LogP contribution is 2.39. The van der Waals surface area contributed by atoms with Crippen molar-refractivity contribution in [3.05, 3.63) is 70.8 Å². The van der Waals surface area contributed by atoms with E-state index in [0.29, 0.717) is 11.6 Å². The average molecular weight is 534 g/mol. The Morgan fingerprint density at radius 1 is 1.08 bits per heavy atom. The molecule has 212 valence electrons. The van der Waals surface area contributed by atoms with Crippen molar-refractivity contribution in [3.63, 3.8) is 0 Å². The van der Waals surface area contributed by atoms with Crippen LogP contribution < -0.4 is 16.0 Å². The number of aliphatic hydroxyl groups excluding tert-OH is 2. The topological polar surface area (TPSA) is 93.6 Å². The average Bonchev–Trinajstić information content (AvgIpc) is 2.87. The molecule has 2 unspecified atom stereocenters. The molecule has 0 radical (unpaired) electrons. The van der Waals surface area contributed by atoms with Crippen molar-refractivity contribution in [2.45, 2.75) is 88.9 Å². The summed E-state index contributed by atoms with van der Waals surface area (Å²) >= 11 is 0. The molecule has 2 aromatic carbocycles. The van der Waals surface area contributed by atoms with Gasteiger partial charge in [0.05, 0.1) is 12.1 Å². The summed E-state index contributed by atoms with van der Waals surface area (Å²) < 4.78 is 27.5. The number of aliphatic hydroxyl groups is 2. The van der Waals surface area contributed by atoms with E-state index >= 15 is 0 Å². The zero-order valence-corrected chi connectivity index (χ0v) is 23.6. The highest BCUT2D eigenvalue weighted by atomic mass is 19.1. The summed E-state index contributed by atoms with van der Waals surface area (Å²) in [6.07, 6.45) is 2.96. The second-order valence-corrected chi connectivity index (χ2v) is 11.2. The van der Waals surface area contributed by atoms with Crippen LogP contribution in [0.4, 0.5) is 8.78 Å². The van der Waals surface area contributed by atoms with E-state index in [9.17, 15) is 18.7 Å². The molecule has 3 rings (SSSR count). The minimum atomic E-state index is -0.954. The molecule has 38 heavy (non-hydrogen) atoms. The molecule has 1 aliphatic carbocycles. The van der Waals surface area contributed by atoms with Gasteiger partial charge in [0.15, 0.2) is 0 Å². The van der Waals surface area contributed by atoms with Crippen LogP contribution >= 0.6 is 0 Å². The van der Waals surface area contributed by atoms with Gasteiger partial charge in [0.2, 0.25) is 5.91 Å². The van der Waals surface area contributed by atoms with Crippen molar-refractivity contribution in [3.8, 4) is 0 Å². The van der Waals surface area contributed by atoms with Crippen molar-refractivity contribution < 1.29 is 23.8 Å². The molecule has 0 aromatic heterocycles. The molecule has 8 heteroatoms. The lowest BCUT2D eigenvalue weighted by molar-refractivity contribution is -0.120. The molecule has 0 heterocycles. The Bertz CT molecular complexity index is 1010. The van der Waals surface area contributed by atoms with Gasteiger partial charge in [-0.3, -0.25) is 4.79 Å². The van der Waals surface area contributed by atoms with Crippen LogP contribution in [0.25, 0.3) is 0 Å². The van der Waals surface area contributed by atoms with Gasteiger partial charge in [-0.2, -0.15) is 0 Å². The molecule has 2 atom stereocenters. The predicted molar refractivity (Wildman–Crippen MR) is 148 cm³/mol. The Morgan fingerprint density at radius 2 is 1.68 bits per heavy atom. The zero-order valence-electron chi connectivity index (χ0n) is 23.6.